The zero-order chi connectivity index (χ0) is 12.3. The maximum atomic E-state index is 12.1. The number of pyridine rings is 1. The molecule has 0 amide bonds. The van der Waals surface area contributed by atoms with Crippen LogP contribution in [0, 0.1) is 0 Å². The molecule has 0 aliphatic rings. The van der Waals surface area contributed by atoms with Crippen LogP contribution in [0.3, 0.4) is 0 Å². The Hall–Kier alpha value is -1.81. The Kier molecular flexibility index (Phi) is 3.44. The molecular weight excluding hydrogens is 218 g/mol. The number of rotatable bonds is 4. The van der Waals surface area contributed by atoms with Gasteiger partial charge in [0.25, 0.3) is 5.56 Å². The van der Waals surface area contributed by atoms with E-state index in [1.807, 2.05) is 6.92 Å². The molecule has 90 valence electrons. The molecule has 4 heteroatoms. The SMILES string of the molecule is CCOCCn1ccc2c(O)cccc2c1=O. The molecular formula is C13H15NO3. The molecule has 17 heavy (non-hydrogen) atoms. The first kappa shape index (κ1) is 11.7. The normalized spacial score (nSPS) is 10.9. The summed E-state index contributed by atoms with van der Waals surface area (Å²) in [5.41, 5.74) is -0.0990. The predicted molar refractivity (Wildman–Crippen MR) is 66.4 cm³/mol. The van der Waals surface area contributed by atoms with Crippen molar-refractivity contribution in [3.63, 3.8) is 0 Å². The van der Waals surface area contributed by atoms with E-state index in [1.165, 1.54) is 0 Å². The van der Waals surface area contributed by atoms with Crippen LogP contribution in [0.4, 0.5) is 0 Å². The summed E-state index contributed by atoms with van der Waals surface area (Å²) in [7, 11) is 0. The Morgan fingerprint density at radius 1 is 1.29 bits per heavy atom. The molecule has 1 heterocycles. The summed E-state index contributed by atoms with van der Waals surface area (Å²) in [5, 5.41) is 10.7. The van der Waals surface area contributed by atoms with Crippen molar-refractivity contribution in [2.45, 2.75) is 13.5 Å². The highest BCUT2D eigenvalue weighted by molar-refractivity contribution is 5.86. The van der Waals surface area contributed by atoms with E-state index >= 15 is 0 Å². The summed E-state index contributed by atoms with van der Waals surface area (Å²) >= 11 is 0. The van der Waals surface area contributed by atoms with Gasteiger partial charge >= 0.3 is 0 Å². The number of ether oxygens (including phenoxy) is 1. The van der Waals surface area contributed by atoms with Crippen LogP contribution >= 0.6 is 0 Å². The third kappa shape index (κ3) is 2.31. The zero-order valence-corrected chi connectivity index (χ0v) is 9.72. The van der Waals surface area contributed by atoms with Gasteiger partial charge in [0.15, 0.2) is 0 Å². The number of benzene rings is 1. The number of hydrogen-bond donors (Lipinski definition) is 1. The van der Waals surface area contributed by atoms with Crippen LogP contribution in [-0.2, 0) is 11.3 Å². The van der Waals surface area contributed by atoms with Gasteiger partial charge in [0.2, 0.25) is 0 Å². The van der Waals surface area contributed by atoms with Crippen LogP contribution in [0.1, 0.15) is 6.92 Å². The molecule has 0 radical (unpaired) electrons. The van der Waals surface area contributed by atoms with Crippen LogP contribution in [-0.4, -0.2) is 22.9 Å². The lowest BCUT2D eigenvalue weighted by atomic mass is 10.1. The van der Waals surface area contributed by atoms with E-state index in [0.717, 1.165) is 0 Å². The molecule has 0 saturated carbocycles. The summed E-state index contributed by atoms with van der Waals surface area (Å²) in [5.74, 6) is 0.136. The second kappa shape index (κ2) is 5.01. The molecule has 2 rings (SSSR count). The molecule has 0 aliphatic carbocycles. The number of nitrogens with zero attached hydrogens (tertiary/aromatic N) is 1. The number of aromatic nitrogens is 1. The van der Waals surface area contributed by atoms with E-state index in [2.05, 4.69) is 0 Å². The Bertz CT molecular complexity index is 574. The standard InChI is InChI=1S/C13H15NO3/c1-2-17-9-8-14-7-6-10-11(13(14)16)4-3-5-12(10)15/h3-7,15H,2,8-9H2,1H3. The van der Waals surface area contributed by atoms with Crippen molar-refractivity contribution >= 4 is 10.8 Å². The van der Waals surface area contributed by atoms with Gasteiger partial charge in [-0.1, -0.05) is 6.07 Å². The van der Waals surface area contributed by atoms with E-state index < -0.39 is 0 Å². The molecule has 1 aromatic carbocycles. The van der Waals surface area contributed by atoms with Crippen molar-refractivity contribution < 1.29 is 9.84 Å². The molecule has 1 N–H and O–H groups in total. The lowest BCUT2D eigenvalue weighted by Crippen LogP contribution is -2.21. The summed E-state index contributed by atoms with van der Waals surface area (Å²) < 4.78 is 6.81. The molecule has 0 unspecified atom stereocenters. The summed E-state index contributed by atoms with van der Waals surface area (Å²) in [4.78, 5) is 12.1. The van der Waals surface area contributed by atoms with Crippen LogP contribution in [0.25, 0.3) is 10.8 Å². The van der Waals surface area contributed by atoms with Crippen LogP contribution in [0.5, 0.6) is 5.75 Å². The van der Waals surface area contributed by atoms with E-state index in [4.69, 9.17) is 4.74 Å². The highest BCUT2D eigenvalue weighted by Gasteiger charge is 2.05. The molecule has 4 nitrogen and oxygen atoms in total. The zero-order valence-electron chi connectivity index (χ0n) is 9.72. The maximum Gasteiger partial charge on any atom is 0.258 e. The van der Waals surface area contributed by atoms with Crippen molar-refractivity contribution in [2.24, 2.45) is 0 Å². The average Bonchev–Trinajstić information content (AvgIpc) is 2.33. The lowest BCUT2D eigenvalue weighted by Gasteiger charge is -2.07. The number of phenols is 1. The monoisotopic (exact) mass is 233 g/mol. The van der Waals surface area contributed by atoms with Crippen molar-refractivity contribution in [1.29, 1.82) is 0 Å². The molecule has 0 atom stereocenters. The summed E-state index contributed by atoms with van der Waals surface area (Å²) in [6.07, 6.45) is 1.68. The van der Waals surface area contributed by atoms with E-state index in [1.54, 1.807) is 35.0 Å². The van der Waals surface area contributed by atoms with Crippen LogP contribution in [0.2, 0.25) is 0 Å². The van der Waals surface area contributed by atoms with E-state index in [9.17, 15) is 9.90 Å². The highest BCUT2D eigenvalue weighted by Crippen LogP contribution is 2.20. The largest absolute Gasteiger partial charge is 0.507 e. The van der Waals surface area contributed by atoms with Crippen LogP contribution in [0.15, 0.2) is 35.3 Å². The fraction of sp³-hybridized carbons (Fsp3) is 0.308. The van der Waals surface area contributed by atoms with Crippen molar-refractivity contribution in [2.75, 3.05) is 13.2 Å². The molecule has 2 aromatic rings. The van der Waals surface area contributed by atoms with Gasteiger partial charge in [0.05, 0.1) is 12.0 Å². The van der Waals surface area contributed by atoms with Gasteiger partial charge in [-0.05, 0) is 25.1 Å². The third-order valence-corrected chi connectivity index (χ3v) is 2.68. The van der Waals surface area contributed by atoms with Gasteiger partial charge in [0.1, 0.15) is 5.75 Å². The topological polar surface area (TPSA) is 51.5 Å². The van der Waals surface area contributed by atoms with Gasteiger partial charge in [-0.2, -0.15) is 0 Å². The first-order chi connectivity index (χ1) is 8.24. The van der Waals surface area contributed by atoms with Crippen LogP contribution < -0.4 is 5.56 Å². The number of aromatic hydroxyl groups is 1. The summed E-state index contributed by atoms with van der Waals surface area (Å²) in [6, 6.07) is 6.71. The molecule has 0 bridgehead atoms. The molecule has 0 spiro atoms. The fourth-order valence-corrected chi connectivity index (χ4v) is 1.78. The minimum Gasteiger partial charge on any atom is -0.507 e. The van der Waals surface area contributed by atoms with Gasteiger partial charge in [-0.25, -0.2) is 0 Å². The molecule has 0 fully saturated rings. The second-order valence-corrected chi connectivity index (χ2v) is 3.75. The molecule has 0 saturated heterocycles. The van der Waals surface area contributed by atoms with Crippen molar-refractivity contribution in [1.82, 2.24) is 4.57 Å². The van der Waals surface area contributed by atoms with Crippen molar-refractivity contribution in [3.8, 4) is 5.75 Å². The fourth-order valence-electron chi connectivity index (χ4n) is 1.78. The van der Waals surface area contributed by atoms with Gasteiger partial charge in [-0.15, -0.1) is 0 Å². The Morgan fingerprint density at radius 2 is 2.12 bits per heavy atom. The van der Waals surface area contributed by atoms with E-state index in [0.29, 0.717) is 30.5 Å². The maximum absolute atomic E-state index is 12.1. The highest BCUT2D eigenvalue weighted by atomic mass is 16.5. The summed E-state index contributed by atoms with van der Waals surface area (Å²) in [6.45, 7) is 3.60. The number of hydrogen-bond acceptors (Lipinski definition) is 3. The second-order valence-electron chi connectivity index (χ2n) is 3.75. The first-order valence-electron chi connectivity index (χ1n) is 5.63. The molecule has 0 aliphatic heterocycles. The number of fused-ring (bicyclic) bond motifs is 1. The lowest BCUT2D eigenvalue weighted by molar-refractivity contribution is 0.138. The van der Waals surface area contributed by atoms with Crippen molar-refractivity contribution in [3.05, 3.63) is 40.8 Å². The minimum atomic E-state index is -0.0990. The predicted octanol–water partition coefficient (Wildman–Crippen LogP) is 1.74. The Balaban J connectivity index is 2.41. The smallest absolute Gasteiger partial charge is 0.258 e. The van der Waals surface area contributed by atoms with E-state index in [-0.39, 0.29) is 11.3 Å². The Morgan fingerprint density at radius 3 is 2.88 bits per heavy atom. The molecule has 1 aromatic heterocycles. The first-order valence-corrected chi connectivity index (χ1v) is 5.63. The average molecular weight is 233 g/mol. The van der Waals surface area contributed by atoms with Gasteiger partial charge < -0.3 is 14.4 Å². The van der Waals surface area contributed by atoms with Gasteiger partial charge in [0, 0.05) is 24.7 Å². The number of phenolic OH excluding ortho intramolecular Hbond substituents is 1. The third-order valence-electron chi connectivity index (χ3n) is 2.68. The Labute approximate surface area is 99.1 Å². The van der Waals surface area contributed by atoms with Gasteiger partial charge in [-0.3, -0.25) is 4.79 Å². The quantitative estimate of drug-likeness (QED) is 0.818. The minimum absolute atomic E-state index is 0.0990.